The molecule has 0 heterocycles. The van der Waals surface area contributed by atoms with Crippen molar-refractivity contribution in [2.45, 2.75) is 12.8 Å². The molecule has 1 amide bonds. The number of nitrogens with zero attached hydrogens (tertiary/aromatic N) is 1. The van der Waals surface area contributed by atoms with E-state index in [0.717, 1.165) is 0 Å². The van der Waals surface area contributed by atoms with Gasteiger partial charge in [0.1, 0.15) is 0 Å². The minimum absolute atomic E-state index is 0.199. The van der Waals surface area contributed by atoms with E-state index < -0.39 is 0 Å². The van der Waals surface area contributed by atoms with Crippen LogP contribution in [0.1, 0.15) is 23.2 Å². The molecule has 5 nitrogen and oxygen atoms in total. The molecule has 104 valence electrons. The van der Waals surface area contributed by atoms with Gasteiger partial charge >= 0.3 is 5.97 Å². The Balaban J connectivity index is 2.59. The van der Waals surface area contributed by atoms with E-state index in [4.69, 9.17) is 17.3 Å². The predicted molar refractivity (Wildman–Crippen MR) is 74.1 cm³/mol. The summed E-state index contributed by atoms with van der Waals surface area (Å²) in [6.07, 6.45) is 0.824. The number of carbonyl (C=O) groups is 2. The van der Waals surface area contributed by atoms with Crippen LogP contribution in [0.4, 0.5) is 5.69 Å². The van der Waals surface area contributed by atoms with Crippen molar-refractivity contribution in [3.8, 4) is 0 Å². The summed E-state index contributed by atoms with van der Waals surface area (Å²) in [6.45, 7) is 0.453. The number of nitrogen functional groups attached to an aromatic ring is 1. The van der Waals surface area contributed by atoms with Gasteiger partial charge in [0.25, 0.3) is 5.91 Å². The molecule has 0 aliphatic carbocycles. The van der Waals surface area contributed by atoms with E-state index in [0.29, 0.717) is 29.2 Å². The van der Waals surface area contributed by atoms with Crippen LogP contribution in [-0.2, 0) is 9.53 Å². The summed E-state index contributed by atoms with van der Waals surface area (Å²) < 4.78 is 4.53. The molecule has 1 aromatic rings. The highest BCUT2D eigenvalue weighted by Crippen LogP contribution is 2.20. The summed E-state index contributed by atoms with van der Waals surface area (Å²) in [4.78, 5) is 24.6. The Labute approximate surface area is 117 Å². The molecule has 0 unspecified atom stereocenters. The standard InChI is InChI=1S/C13H17ClN2O3/c1-16(7-3-4-12(17)19-2)13(18)10-6-5-9(15)8-11(10)14/h5-6,8H,3-4,7,15H2,1-2H3. The first kappa shape index (κ1) is 15.3. The van der Waals surface area contributed by atoms with Gasteiger partial charge in [-0.2, -0.15) is 0 Å². The van der Waals surface area contributed by atoms with Gasteiger partial charge in [0.2, 0.25) is 0 Å². The Hall–Kier alpha value is -1.75. The maximum Gasteiger partial charge on any atom is 0.305 e. The SMILES string of the molecule is COC(=O)CCCN(C)C(=O)c1ccc(N)cc1Cl. The number of ether oxygens (including phenoxy) is 1. The van der Waals surface area contributed by atoms with Crippen molar-refractivity contribution in [3.05, 3.63) is 28.8 Å². The second-order valence-electron chi connectivity index (χ2n) is 4.15. The zero-order valence-corrected chi connectivity index (χ0v) is 11.7. The summed E-state index contributed by atoms with van der Waals surface area (Å²) in [6, 6.07) is 4.76. The zero-order chi connectivity index (χ0) is 14.4. The normalized spacial score (nSPS) is 10.1. The van der Waals surface area contributed by atoms with Crippen LogP contribution in [0.3, 0.4) is 0 Å². The molecule has 0 aliphatic rings. The quantitative estimate of drug-likeness (QED) is 0.662. The third kappa shape index (κ3) is 4.44. The van der Waals surface area contributed by atoms with Gasteiger partial charge in [-0.05, 0) is 24.6 Å². The molecule has 0 spiro atoms. The Morgan fingerprint density at radius 2 is 2.11 bits per heavy atom. The smallest absolute Gasteiger partial charge is 0.305 e. The van der Waals surface area contributed by atoms with Crippen LogP contribution >= 0.6 is 11.6 Å². The van der Waals surface area contributed by atoms with Crippen LogP contribution in [0, 0.1) is 0 Å². The molecule has 0 bridgehead atoms. The van der Waals surface area contributed by atoms with Crippen molar-refractivity contribution in [1.82, 2.24) is 4.90 Å². The number of amides is 1. The average Bonchev–Trinajstić information content (AvgIpc) is 2.37. The van der Waals surface area contributed by atoms with Crippen molar-refractivity contribution >= 4 is 29.2 Å². The third-order valence-electron chi connectivity index (χ3n) is 2.67. The van der Waals surface area contributed by atoms with E-state index >= 15 is 0 Å². The lowest BCUT2D eigenvalue weighted by molar-refractivity contribution is -0.140. The summed E-state index contributed by atoms with van der Waals surface area (Å²) in [5.41, 5.74) is 6.48. The largest absolute Gasteiger partial charge is 0.469 e. The molecule has 1 aromatic carbocycles. The molecular weight excluding hydrogens is 268 g/mol. The number of hydrogen-bond acceptors (Lipinski definition) is 4. The molecule has 6 heteroatoms. The van der Waals surface area contributed by atoms with Gasteiger partial charge in [-0.15, -0.1) is 0 Å². The number of halogens is 1. The summed E-state index contributed by atoms with van der Waals surface area (Å²) >= 11 is 5.97. The molecule has 0 saturated carbocycles. The van der Waals surface area contributed by atoms with Gasteiger partial charge in [-0.1, -0.05) is 11.6 Å². The van der Waals surface area contributed by atoms with E-state index in [-0.39, 0.29) is 18.3 Å². The topological polar surface area (TPSA) is 72.6 Å². The van der Waals surface area contributed by atoms with Gasteiger partial charge in [-0.25, -0.2) is 0 Å². The second-order valence-corrected chi connectivity index (χ2v) is 4.55. The van der Waals surface area contributed by atoms with Crippen LogP contribution in [0.15, 0.2) is 18.2 Å². The highest BCUT2D eigenvalue weighted by atomic mass is 35.5. The maximum atomic E-state index is 12.1. The fourth-order valence-corrected chi connectivity index (χ4v) is 1.84. The van der Waals surface area contributed by atoms with Crippen LogP contribution < -0.4 is 5.73 Å². The number of anilines is 1. The van der Waals surface area contributed by atoms with E-state index in [1.165, 1.54) is 18.1 Å². The first-order valence-electron chi connectivity index (χ1n) is 5.83. The number of carbonyl (C=O) groups excluding carboxylic acids is 2. The number of hydrogen-bond donors (Lipinski definition) is 1. The Bertz CT molecular complexity index is 477. The Kier molecular flexibility index (Phi) is 5.63. The number of benzene rings is 1. The fourth-order valence-electron chi connectivity index (χ4n) is 1.57. The lowest BCUT2D eigenvalue weighted by Gasteiger charge is -2.17. The van der Waals surface area contributed by atoms with E-state index in [1.807, 2.05) is 0 Å². The van der Waals surface area contributed by atoms with Crippen molar-refractivity contribution in [3.63, 3.8) is 0 Å². The fraction of sp³-hybridized carbons (Fsp3) is 0.385. The molecule has 2 N–H and O–H groups in total. The highest BCUT2D eigenvalue weighted by molar-refractivity contribution is 6.34. The van der Waals surface area contributed by atoms with Crippen molar-refractivity contribution in [2.24, 2.45) is 0 Å². The maximum absolute atomic E-state index is 12.1. The van der Waals surface area contributed by atoms with Crippen LogP contribution in [0.2, 0.25) is 5.02 Å². The lowest BCUT2D eigenvalue weighted by Crippen LogP contribution is -2.28. The van der Waals surface area contributed by atoms with Gasteiger partial charge in [0.15, 0.2) is 0 Å². The first-order valence-corrected chi connectivity index (χ1v) is 6.20. The van der Waals surface area contributed by atoms with E-state index in [2.05, 4.69) is 4.74 Å². The Morgan fingerprint density at radius 3 is 2.68 bits per heavy atom. The Morgan fingerprint density at radius 1 is 1.42 bits per heavy atom. The molecule has 19 heavy (non-hydrogen) atoms. The average molecular weight is 285 g/mol. The summed E-state index contributed by atoms with van der Waals surface area (Å²) in [5, 5.41) is 0.324. The zero-order valence-electron chi connectivity index (χ0n) is 11.0. The van der Waals surface area contributed by atoms with Gasteiger partial charge in [-0.3, -0.25) is 9.59 Å². The van der Waals surface area contributed by atoms with Crippen molar-refractivity contribution in [1.29, 1.82) is 0 Å². The number of methoxy groups -OCH3 is 1. The summed E-state index contributed by atoms with van der Waals surface area (Å²) in [7, 11) is 3.00. The number of nitrogens with two attached hydrogens (primary N) is 1. The summed E-state index contributed by atoms with van der Waals surface area (Å²) in [5.74, 6) is -0.485. The molecule has 0 radical (unpaired) electrons. The second kappa shape index (κ2) is 6.99. The van der Waals surface area contributed by atoms with Gasteiger partial charge in [0, 0.05) is 25.7 Å². The minimum atomic E-state index is -0.286. The van der Waals surface area contributed by atoms with Crippen LogP contribution in [-0.4, -0.2) is 37.5 Å². The van der Waals surface area contributed by atoms with E-state index in [9.17, 15) is 9.59 Å². The highest BCUT2D eigenvalue weighted by Gasteiger charge is 2.15. The lowest BCUT2D eigenvalue weighted by atomic mass is 10.1. The predicted octanol–water partition coefficient (Wildman–Crippen LogP) is 1.95. The molecule has 1 rings (SSSR count). The third-order valence-corrected chi connectivity index (χ3v) is 2.99. The molecular formula is C13H17ClN2O3. The molecule has 0 fully saturated rings. The van der Waals surface area contributed by atoms with Crippen LogP contribution in [0.5, 0.6) is 0 Å². The van der Waals surface area contributed by atoms with Crippen LogP contribution in [0.25, 0.3) is 0 Å². The monoisotopic (exact) mass is 284 g/mol. The minimum Gasteiger partial charge on any atom is -0.469 e. The van der Waals surface area contributed by atoms with Crippen molar-refractivity contribution in [2.75, 3.05) is 26.4 Å². The molecule has 0 atom stereocenters. The number of rotatable bonds is 5. The number of esters is 1. The van der Waals surface area contributed by atoms with Gasteiger partial charge < -0.3 is 15.4 Å². The van der Waals surface area contributed by atoms with Crippen molar-refractivity contribution < 1.29 is 14.3 Å². The first-order chi connectivity index (χ1) is 8.95. The molecule has 0 aromatic heterocycles. The molecule has 0 aliphatic heterocycles. The van der Waals surface area contributed by atoms with Gasteiger partial charge in [0.05, 0.1) is 17.7 Å². The van der Waals surface area contributed by atoms with E-state index in [1.54, 1.807) is 19.2 Å². The molecule has 0 saturated heterocycles.